The second kappa shape index (κ2) is 9.65. The van der Waals surface area contributed by atoms with E-state index in [1.165, 1.54) is 5.48 Å². The van der Waals surface area contributed by atoms with Crippen molar-refractivity contribution < 1.29 is 33.7 Å². The maximum atomic E-state index is 11.3. The maximum absolute atomic E-state index is 11.3. The summed E-state index contributed by atoms with van der Waals surface area (Å²) in [4.78, 5) is 11.3. The van der Waals surface area contributed by atoms with Crippen LogP contribution < -0.4 is 24.4 Å². The molecular formula is C19H21NO7. The number of carbonyl (C=O) groups is 1. The predicted molar refractivity (Wildman–Crippen MR) is 94.5 cm³/mol. The Morgan fingerprint density at radius 1 is 0.889 bits per heavy atom. The van der Waals surface area contributed by atoms with E-state index >= 15 is 0 Å². The minimum absolute atomic E-state index is 0.127. The third-order valence-corrected chi connectivity index (χ3v) is 3.72. The molecule has 1 amide bonds. The topological polar surface area (TPSA) is 95.5 Å². The van der Waals surface area contributed by atoms with Gasteiger partial charge in [0.15, 0.2) is 23.0 Å². The van der Waals surface area contributed by atoms with Gasteiger partial charge in [0.1, 0.15) is 39.1 Å². The van der Waals surface area contributed by atoms with Crippen LogP contribution >= 0.6 is 0 Å². The molecule has 8 nitrogen and oxygen atoms in total. The van der Waals surface area contributed by atoms with Gasteiger partial charge in [0.05, 0.1) is 0 Å². The Hall–Kier alpha value is -2.97. The number of amides is 1. The highest BCUT2D eigenvalue weighted by Gasteiger charge is 2.17. The van der Waals surface area contributed by atoms with Crippen molar-refractivity contribution >= 4 is 5.91 Å². The summed E-state index contributed by atoms with van der Waals surface area (Å²) in [5.41, 5.74) is 1.53. The van der Waals surface area contributed by atoms with Crippen molar-refractivity contribution in [1.82, 2.24) is 5.48 Å². The third kappa shape index (κ3) is 5.50. The Morgan fingerprint density at radius 2 is 1.33 bits per heavy atom. The molecule has 1 heterocycles. The second-order valence-corrected chi connectivity index (χ2v) is 5.68. The zero-order valence-corrected chi connectivity index (χ0v) is 14.6. The summed E-state index contributed by atoms with van der Waals surface area (Å²) in [5, 5.41) is 8.63. The van der Waals surface area contributed by atoms with Gasteiger partial charge in [-0.25, -0.2) is 5.48 Å². The molecular weight excluding hydrogens is 354 g/mol. The lowest BCUT2D eigenvalue weighted by Crippen LogP contribution is -2.33. The Bertz CT molecular complexity index is 699. The van der Waals surface area contributed by atoms with Crippen LogP contribution in [0.3, 0.4) is 0 Å². The normalized spacial score (nSPS) is 15.0. The van der Waals surface area contributed by atoms with E-state index in [9.17, 15) is 4.79 Å². The molecule has 3 rings (SSSR count). The van der Waals surface area contributed by atoms with Gasteiger partial charge < -0.3 is 23.7 Å². The molecule has 1 aliphatic rings. The van der Waals surface area contributed by atoms with Gasteiger partial charge in [0, 0.05) is 0 Å². The first kappa shape index (κ1) is 18.8. The number of benzene rings is 2. The fraction of sp³-hybridized carbons (Fsp3) is 0.316. The third-order valence-electron chi connectivity index (χ3n) is 3.72. The van der Waals surface area contributed by atoms with Gasteiger partial charge in [0.2, 0.25) is 0 Å². The number of fused-ring (bicyclic) bond motifs is 2. The average molecular weight is 375 g/mol. The van der Waals surface area contributed by atoms with E-state index in [1.807, 2.05) is 24.3 Å². The van der Waals surface area contributed by atoms with Crippen LogP contribution in [0.5, 0.6) is 23.0 Å². The standard InChI is InChI=1S/C19H21NO7/c21-19(20-22)13-25-14-11-26-17-7-3-1-5-15(17)23-9-10-24-16-6-2-4-8-18(16)27-12-14/h1-8,14,22H,9-13H2,(H,20,21). The molecule has 0 saturated carbocycles. The van der Waals surface area contributed by atoms with Gasteiger partial charge in [-0.15, -0.1) is 0 Å². The van der Waals surface area contributed by atoms with Crippen molar-refractivity contribution in [3.05, 3.63) is 48.5 Å². The molecule has 0 fully saturated rings. The SMILES string of the molecule is O=C(COC1COc2ccccc2OCCOc2ccccc2OC1)NO. The molecule has 0 bridgehead atoms. The van der Waals surface area contributed by atoms with E-state index in [4.69, 9.17) is 28.9 Å². The summed E-state index contributed by atoms with van der Waals surface area (Å²) in [7, 11) is 0. The highest BCUT2D eigenvalue weighted by atomic mass is 16.6. The van der Waals surface area contributed by atoms with Gasteiger partial charge in [-0.2, -0.15) is 0 Å². The molecule has 144 valence electrons. The number of hydrogen-bond acceptors (Lipinski definition) is 7. The molecule has 0 spiro atoms. The van der Waals surface area contributed by atoms with E-state index in [0.29, 0.717) is 36.2 Å². The van der Waals surface area contributed by atoms with Gasteiger partial charge in [-0.05, 0) is 24.3 Å². The molecule has 0 unspecified atom stereocenters. The van der Waals surface area contributed by atoms with Crippen molar-refractivity contribution in [2.75, 3.05) is 33.0 Å². The van der Waals surface area contributed by atoms with Crippen LogP contribution in [0.25, 0.3) is 0 Å². The maximum Gasteiger partial charge on any atom is 0.269 e. The molecule has 0 radical (unpaired) electrons. The van der Waals surface area contributed by atoms with Crippen molar-refractivity contribution in [1.29, 1.82) is 0 Å². The van der Waals surface area contributed by atoms with Crippen LogP contribution in [0.4, 0.5) is 0 Å². The van der Waals surface area contributed by atoms with Gasteiger partial charge in [-0.3, -0.25) is 10.0 Å². The van der Waals surface area contributed by atoms with Crippen LogP contribution in [0, 0.1) is 0 Å². The van der Waals surface area contributed by atoms with Gasteiger partial charge in [0.25, 0.3) is 5.91 Å². The first-order valence-electron chi connectivity index (χ1n) is 8.50. The fourth-order valence-corrected chi connectivity index (χ4v) is 2.42. The van der Waals surface area contributed by atoms with Crippen LogP contribution in [0.2, 0.25) is 0 Å². The Kier molecular flexibility index (Phi) is 6.72. The van der Waals surface area contributed by atoms with Crippen LogP contribution in [-0.4, -0.2) is 50.3 Å². The second-order valence-electron chi connectivity index (χ2n) is 5.68. The Morgan fingerprint density at radius 3 is 1.78 bits per heavy atom. The van der Waals surface area contributed by atoms with Gasteiger partial charge in [-0.1, -0.05) is 24.3 Å². The zero-order valence-electron chi connectivity index (χ0n) is 14.6. The lowest BCUT2D eigenvalue weighted by atomic mass is 10.3. The van der Waals surface area contributed by atoms with Crippen LogP contribution in [0.1, 0.15) is 0 Å². The summed E-state index contributed by atoms with van der Waals surface area (Å²) < 4.78 is 28.6. The highest BCUT2D eigenvalue weighted by molar-refractivity contribution is 5.75. The summed E-state index contributed by atoms with van der Waals surface area (Å²) >= 11 is 0. The largest absolute Gasteiger partial charge is 0.487 e. The Labute approximate surface area is 156 Å². The lowest BCUT2D eigenvalue weighted by Gasteiger charge is -2.19. The minimum Gasteiger partial charge on any atom is -0.487 e. The number of rotatable bonds is 3. The number of hydrogen-bond donors (Lipinski definition) is 2. The van der Waals surface area contributed by atoms with Crippen molar-refractivity contribution in [2.24, 2.45) is 0 Å². The molecule has 2 aromatic carbocycles. The molecule has 0 aliphatic carbocycles. The van der Waals surface area contributed by atoms with Gasteiger partial charge >= 0.3 is 0 Å². The first-order valence-corrected chi connectivity index (χ1v) is 8.50. The minimum atomic E-state index is -0.662. The summed E-state index contributed by atoms with van der Waals surface area (Å²) in [6.07, 6.45) is -0.566. The van der Waals surface area contributed by atoms with Crippen LogP contribution in [0.15, 0.2) is 48.5 Å². The summed E-state index contributed by atoms with van der Waals surface area (Å²) in [6, 6.07) is 14.5. The number of para-hydroxylation sites is 4. The monoisotopic (exact) mass is 375 g/mol. The van der Waals surface area contributed by atoms with E-state index in [-0.39, 0.29) is 19.8 Å². The molecule has 2 N–H and O–H groups in total. The van der Waals surface area contributed by atoms with E-state index < -0.39 is 12.0 Å². The van der Waals surface area contributed by atoms with E-state index in [1.54, 1.807) is 24.3 Å². The average Bonchev–Trinajstić information content (AvgIpc) is 2.72. The zero-order chi connectivity index (χ0) is 18.9. The lowest BCUT2D eigenvalue weighted by molar-refractivity contribution is -0.137. The van der Waals surface area contributed by atoms with Crippen LogP contribution in [-0.2, 0) is 9.53 Å². The van der Waals surface area contributed by atoms with Crippen molar-refractivity contribution in [2.45, 2.75) is 6.10 Å². The molecule has 0 atom stereocenters. The Balaban J connectivity index is 1.77. The molecule has 0 saturated heterocycles. The van der Waals surface area contributed by atoms with Crippen molar-refractivity contribution in [3.63, 3.8) is 0 Å². The molecule has 27 heavy (non-hydrogen) atoms. The first-order chi connectivity index (χ1) is 13.3. The smallest absolute Gasteiger partial charge is 0.269 e. The number of hydroxylamine groups is 1. The van der Waals surface area contributed by atoms with Crippen molar-refractivity contribution in [3.8, 4) is 23.0 Å². The number of carbonyl (C=O) groups excluding carboxylic acids is 1. The number of ether oxygens (including phenoxy) is 5. The molecule has 0 aromatic heterocycles. The molecule has 1 aliphatic heterocycles. The quantitative estimate of drug-likeness (QED) is 0.624. The molecule has 2 aromatic rings. The summed E-state index contributed by atoms with van der Waals surface area (Å²) in [6.45, 7) is 0.602. The predicted octanol–water partition coefficient (Wildman–Crippen LogP) is 1.81. The van der Waals surface area contributed by atoms with E-state index in [0.717, 1.165) is 0 Å². The fourth-order valence-electron chi connectivity index (χ4n) is 2.42. The van der Waals surface area contributed by atoms with E-state index in [2.05, 4.69) is 0 Å². The molecule has 8 heteroatoms. The highest BCUT2D eigenvalue weighted by Crippen LogP contribution is 2.29. The summed E-state index contributed by atoms with van der Waals surface area (Å²) in [5.74, 6) is 1.61. The number of nitrogens with one attached hydrogen (secondary N) is 1.